The minimum absolute atomic E-state index is 0.0105. The molecular weight excluding hydrogens is 414 g/mol. The molecule has 2 aliphatic rings. The molecule has 2 heterocycles. The van der Waals surface area contributed by atoms with E-state index < -0.39 is 0 Å². The van der Waals surface area contributed by atoms with E-state index in [1.54, 1.807) is 21.9 Å². The van der Waals surface area contributed by atoms with Crippen molar-refractivity contribution in [3.8, 4) is 0 Å². The fraction of sp³-hybridized carbons (Fsp3) is 0.375. The van der Waals surface area contributed by atoms with Crippen LogP contribution in [-0.4, -0.2) is 42.3 Å². The van der Waals surface area contributed by atoms with Crippen LogP contribution in [0.2, 0.25) is 5.02 Å². The van der Waals surface area contributed by atoms with Crippen LogP contribution in [0.25, 0.3) is 0 Å². The Labute approximate surface area is 187 Å². The van der Waals surface area contributed by atoms with Crippen molar-refractivity contribution in [1.82, 2.24) is 4.90 Å². The zero-order valence-corrected chi connectivity index (χ0v) is 18.3. The molecule has 0 spiro atoms. The number of likely N-dealkylation sites (tertiary alicyclic amines) is 1. The molecule has 3 amide bonds. The van der Waals surface area contributed by atoms with Crippen LogP contribution in [0, 0.1) is 18.8 Å². The number of carbonyl (C=O) groups excluding carboxylic acids is 3. The van der Waals surface area contributed by atoms with Crippen molar-refractivity contribution in [3.05, 3.63) is 59.1 Å². The number of halogens is 1. The van der Waals surface area contributed by atoms with Gasteiger partial charge < -0.3 is 15.1 Å². The number of carbonyl (C=O) groups is 3. The molecule has 162 valence electrons. The Morgan fingerprint density at radius 1 is 1.03 bits per heavy atom. The number of rotatable bonds is 4. The number of piperidine rings is 1. The van der Waals surface area contributed by atoms with Gasteiger partial charge in [-0.3, -0.25) is 14.4 Å². The average molecular weight is 440 g/mol. The van der Waals surface area contributed by atoms with E-state index in [0.717, 1.165) is 16.9 Å². The van der Waals surface area contributed by atoms with Gasteiger partial charge in [-0.1, -0.05) is 35.9 Å². The first-order valence-electron chi connectivity index (χ1n) is 10.6. The second-order valence-corrected chi connectivity index (χ2v) is 8.73. The molecule has 0 aromatic heterocycles. The highest BCUT2D eigenvalue weighted by molar-refractivity contribution is 6.31. The molecule has 1 unspecified atom stereocenters. The van der Waals surface area contributed by atoms with Crippen LogP contribution >= 0.6 is 11.6 Å². The number of nitrogens with zero attached hydrogens (tertiary/aromatic N) is 2. The van der Waals surface area contributed by atoms with Gasteiger partial charge in [0.15, 0.2) is 0 Å². The molecule has 0 saturated carbocycles. The Balaban J connectivity index is 1.31. The Bertz CT molecular complexity index is 987. The van der Waals surface area contributed by atoms with E-state index in [9.17, 15) is 14.4 Å². The fourth-order valence-corrected chi connectivity index (χ4v) is 4.49. The largest absolute Gasteiger partial charge is 0.342 e. The molecule has 0 radical (unpaired) electrons. The summed E-state index contributed by atoms with van der Waals surface area (Å²) in [7, 11) is 0. The van der Waals surface area contributed by atoms with E-state index in [-0.39, 0.29) is 36.0 Å². The third-order valence-corrected chi connectivity index (χ3v) is 6.41. The van der Waals surface area contributed by atoms with E-state index in [1.807, 2.05) is 43.3 Å². The fourth-order valence-electron chi connectivity index (χ4n) is 4.31. The van der Waals surface area contributed by atoms with Gasteiger partial charge in [-0.2, -0.15) is 0 Å². The van der Waals surface area contributed by atoms with Gasteiger partial charge in [-0.15, -0.1) is 0 Å². The van der Waals surface area contributed by atoms with Gasteiger partial charge in [0.25, 0.3) is 0 Å². The summed E-state index contributed by atoms with van der Waals surface area (Å²) in [5.41, 5.74) is 2.51. The number of benzene rings is 2. The Kier molecular flexibility index (Phi) is 6.28. The normalized spacial score (nSPS) is 19.5. The van der Waals surface area contributed by atoms with Gasteiger partial charge in [0.05, 0.1) is 5.92 Å². The summed E-state index contributed by atoms with van der Waals surface area (Å²) in [6.45, 7) is 3.40. The molecule has 7 heteroatoms. The van der Waals surface area contributed by atoms with Crippen molar-refractivity contribution < 1.29 is 14.4 Å². The minimum atomic E-state index is -0.327. The van der Waals surface area contributed by atoms with Crippen molar-refractivity contribution in [1.29, 1.82) is 0 Å². The summed E-state index contributed by atoms with van der Waals surface area (Å²) in [5, 5.41) is 3.55. The van der Waals surface area contributed by atoms with E-state index in [0.29, 0.717) is 37.5 Å². The topological polar surface area (TPSA) is 69.7 Å². The number of para-hydroxylation sites is 1. The number of anilines is 2. The summed E-state index contributed by atoms with van der Waals surface area (Å²) in [6.07, 6.45) is 1.46. The third-order valence-electron chi connectivity index (χ3n) is 6.18. The lowest BCUT2D eigenvalue weighted by atomic mass is 9.94. The maximum Gasteiger partial charge on any atom is 0.228 e. The van der Waals surface area contributed by atoms with E-state index >= 15 is 0 Å². The lowest BCUT2D eigenvalue weighted by Crippen LogP contribution is -2.44. The Morgan fingerprint density at radius 3 is 2.45 bits per heavy atom. The van der Waals surface area contributed by atoms with Crippen molar-refractivity contribution >= 4 is 40.7 Å². The molecular formula is C24H26ClN3O3. The van der Waals surface area contributed by atoms with E-state index in [2.05, 4.69) is 5.32 Å². The molecule has 2 aliphatic heterocycles. The first-order chi connectivity index (χ1) is 14.9. The highest BCUT2D eigenvalue weighted by atomic mass is 35.5. The van der Waals surface area contributed by atoms with Crippen LogP contribution < -0.4 is 10.2 Å². The summed E-state index contributed by atoms with van der Waals surface area (Å²) in [4.78, 5) is 41.6. The second-order valence-electron chi connectivity index (χ2n) is 8.29. The zero-order chi connectivity index (χ0) is 22.0. The molecule has 2 saturated heterocycles. The highest BCUT2D eigenvalue weighted by Gasteiger charge is 2.38. The molecule has 1 N–H and O–H groups in total. The molecule has 4 rings (SSSR count). The van der Waals surface area contributed by atoms with Gasteiger partial charge in [-0.05, 0) is 49.6 Å². The Hall–Kier alpha value is -2.86. The lowest BCUT2D eigenvalue weighted by molar-refractivity contribution is -0.138. The number of hydrogen-bond acceptors (Lipinski definition) is 3. The van der Waals surface area contributed by atoms with Crippen LogP contribution in [0.3, 0.4) is 0 Å². The van der Waals surface area contributed by atoms with Crippen molar-refractivity contribution in [2.75, 3.05) is 29.9 Å². The van der Waals surface area contributed by atoms with Crippen LogP contribution in [0.15, 0.2) is 48.5 Å². The maximum absolute atomic E-state index is 13.0. The first kappa shape index (κ1) is 21.4. The summed E-state index contributed by atoms with van der Waals surface area (Å²) in [6, 6.07) is 14.9. The molecule has 2 fully saturated rings. The predicted octanol–water partition coefficient (Wildman–Crippen LogP) is 3.88. The standard InChI is InChI=1S/C24H26ClN3O3/c1-16-7-8-19(25)14-21(16)26-23(30)17-9-11-27(12-10-17)24(31)18-13-22(29)28(15-18)20-5-3-2-4-6-20/h2-8,14,17-18H,9-13,15H2,1H3,(H,26,30). The Morgan fingerprint density at radius 2 is 1.74 bits per heavy atom. The number of hydrogen-bond donors (Lipinski definition) is 1. The molecule has 2 aromatic carbocycles. The quantitative estimate of drug-likeness (QED) is 0.785. The predicted molar refractivity (Wildman–Crippen MR) is 121 cm³/mol. The summed E-state index contributed by atoms with van der Waals surface area (Å²) >= 11 is 6.04. The number of aryl methyl sites for hydroxylation is 1. The van der Waals surface area contributed by atoms with E-state index in [4.69, 9.17) is 11.6 Å². The smallest absolute Gasteiger partial charge is 0.228 e. The maximum atomic E-state index is 13.0. The molecule has 1 atom stereocenters. The van der Waals surface area contributed by atoms with Gasteiger partial charge >= 0.3 is 0 Å². The van der Waals surface area contributed by atoms with Gasteiger partial charge in [0.1, 0.15) is 0 Å². The summed E-state index contributed by atoms with van der Waals surface area (Å²) in [5.74, 6) is -0.517. The van der Waals surface area contributed by atoms with Crippen molar-refractivity contribution in [3.63, 3.8) is 0 Å². The number of amides is 3. The summed E-state index contributed by atoms with van der Waals surface area (Å²) < 4.78 is 0. The van der Waals surface area contributed by atoms with Crippen LogP contribution in [0.1, 0.15) is 24.8 Å². The highest BCUT2D eigenvalue weighted by Crippen LogP contribution is 2.28. The molecule has 2 aromatic rings. The zero-order valence-electron chi connectivity index (χ0n) is 17.5. The van der Waals surface area contributed by atoms with Gasteiger partial charge in [0.2, 0.25) is 17.7 Å². The van der Waals surface area contributed by atoms with Crippen molar-refractivity contribution in [2.45, 2.75) is 26.2 Å². The second kappa shape index (κ2) is 9.10. The molecule has 0 bridgehead atoms. The molecule has 0 aliphatic carbocycles. The third kappa shape index (κ3) is 4.74. The molecule has 6 nitrogen and oxygen atoms in total. The van der Waals surface area contributed by atoms with Crippen molar-refractivity contribution in [2.24, 2.45) is 11.8 Å². The number of nitrogens with one attached hydrogen (secondary N) is 1. The van der Waals surface area contributed by atoms with Gasteiger partial charge in [0, 0.05) is 48.4 Å². The van der Waals surface area contributed by atoms with Gasteiger partial charge in [-0.25, -0.2) is 0 Å². The van der Waals surface area contributed by atoms with Crippen LogP contribution in [0.4, 0.5) is 11.4 Å². The SMILES string of the molecule is Cc1ccc(Cl)cc1NC(=O)C1CCN(C(=O)C2CC(=O)N(c3ccccc3)C2)CC1. The monoisotopic (exact) mass is 439 g/mol. The van der Waals surface area contributed by atoms with E-state index in [1.165, 1.54) is 0 Å². The van der Waals surface area contributed by atoms with Crippen LogP contribution in [-0.2, 0) is 14.4 Å². The average Bonchev–Trinajstić information content (AvgIpc) is 3.18. The van der Waals surface area contributed by atoms with Crippen LogP contribution in [0.5, 0.6) is 0 Å². The molecule has 31 heavy (non-hydrogen) atoms. The minimum Gasteiger partial charge on any atom is -0.342 e. The lowest BCUT2D eigenvalue weighted by Gasteiger charge is -2.33. The first-order valence-corrected chi connectivity index (χ1v) is 11.0.